The van der Waals surface area contributed by atoms with Gasteiger partial charge in [0.15, 0.2) is 0 Å². The normalized spacial score (nSPS) is 14.7. The molecule has 6 rings (SSSR count). The molecule has 6 nitrogen and oxygen atoms in total. The lowest BCUT2D eigenvalue weighted by atomic mass is 9.96. The quantitative estimate of drug-likeness (QED) is 0.308. The van der Waals surface area contributed by atoms with Gasteiger partial charge in [0, 0.05) is 24.5 Å². The smallest absolute Gasteiger partial charge is 0.145 e. The van der Waals surface area contributed by atoms with Crippen molar-refractivity contribution in [1.29, 1.82) is 0 Å². The van der Waals surface area contributed by atoms with E-state index >= 15 is 0 Å². The average Bonchev–Trinajstić information content (AvgIpc) is 3.43. The first-order valence-electron chi connectivity index (χ1n) is 11.9. The van der Waals surface area contributed by atoms with Crippen molar-refractivity contribution in [2.75, 3.05) is 16.5 Å². The Kier molecular flexibility index (Phi) is 5.10. The van der Waals surface area contributed by atoms with Gasteiger partial charge in [0.05, 0.1) is 30.5 Å². The van der Waals surface area contributed by atoms with Crippen molar-refractivity contribution in [1.82, 2.24) is 0 Å². The van der Waals surface area contributed by atoms with Crippen molar-refractivity contribution in [3.05, 3.63) is 93.8 Å². The van der Waals surface area contributed by atoms with E-state index in [2.05, 4.69) is 47.9 Å². The predicted octanol–water partition coefficient (Wildman–Crippen LogP) is 6.91. The van der Waals surface area contributed by atoms with E-state index in [0.29, 0.717) is 0 Å². The first-order chi connectivity index (χ1) is 16.9. The molecule has 0 aliphatic carbocycles. The average molecular weight is 465 g/mol. The monoisotopic (exact) mass is 464 g/mol. The van der Waals surface area contributed by atoms with E-state index in [1.54, 1.807) is 12.4 Å². The number of furan rings is 2. The van der Waals surface area contributed by atoms with Crippen LogP contribution >= 0.6 is 0 Å². The third kappa shape index (κ3) is 4.05. The van der Waals surface area contributed by atoms with Gasteiger partial charge < -0.3 is 18.6 Å². The molecule has 35 heavy (non-hydrogen) atoms. The first-order valence-corrected chi connectivity index (χ1v) is 11.9. The third-order valence-corrected chi connectivity index (χ3v) is 6.63. The molecule has 0 atom stereocenters. The summed E-state index contributed by atoms with van der Waals surface area (Å²) < 4.78 is 11.3. The second kappa shape index (κ2) is 8.31. The number of hydrogen-bond acceptors (Lipinski definition) is 6. The zero-order chi connectivity index (χ0) is 24.1. The van der Waals surface area contributed by atoms with Gasteiger partial charge in [-0.3, -0.25) is 9.98 Å². The van der Waals surface area contributed by atoms with Gasteiger partial charge in [-0.15, -0.1) is 0 Å². The fourth-order valence-corrected chi connectivity index (χ4v) is 5.30. The van der Waals surface area contributed by atoms with E-state index in [4.69, 9.17) is 18.8 Å². The Morgan fingerprint density at radius 2 is 1.11 bits per heavy atom. The topological polar surface area (TPSA) is 57.5 Å². The van der Waals surface area contributed by atoms with Crippen LogP contribution in [-0.2, 0) is 13.1 Å². The van der Waals surface area contributed by atoms with Crippen molar-refractivity contribution in [3.63, 3.8) is 0 Å². The molecule has 0 saturated carbocycles. The maximum Gasteiger partial charge on any atom is 0.145 e. The van der Waals surface area contributed by atoms with Crippen LogP contribution in [0.25, 0.3) is 0 Å². The Morgan fingerprint density at radius 3 is 1.51 bits per heavy atom. The van der Waals surface area contributed by atoms with Gasteiger partial charge in [0.25, 0.3) is 0 Å². The number of nitrogens with zero attached hydrogens (tertiary/aromatic N) is 4. The summed E-state index contributed by atoms with van der Waals surface area (Å²) in [6.45, 7) is 10.9. The minimum Gasteiger partial charge on any atom is -0.460 e. The lowest BCUT2D eigenvalue weighted by molar-refractivity contribution is 0.527. The molecule has 0 saturated heterocycles. The molecule has 0 N–H and O–H groups in total. The summed E-state index contributed by atoms with van der Waals surface area (Å²) in [6.07, 6.45) is 3.59. The van der Waals surface area contributed by atoms with Gasteiger partial charge in [-0.05, 0) is 98.5 Å². The number of aliphatic imine (C=N–C) groups is 2. The number of benzene rings is 2. The summed E-state index contributed by atoms with van der Waals surface area (Å²) in [6, 6.07) is 16.5. The van der Waals surface area contributed by atoms with Crippen LogP contribution in [0.3, 0.4) is 0 Å². The van der Waals surface area contributed by atoms with E-state index in [1.165, 1.54) is 33.6 Å². The van der Waals surface area contributed by atoms with E-state index in [-0.39, 0.29) is 0 Å². The van der Waals surface area contributed by atoms with Crippen LogP contribution in [0.15, 0.2) is 67.4 Å². The maximum atomic E-state index is 5.63. The number of hydrogen-bond donors (Lipinski definition) is 0. The highest BCUT2D eigenvalue weighted by molar-refractivity contribution is 5.82. The fourth-order valence-electron chi connectivity index (χ4n) is 5.30. The Hall–Kier alpha value is -4.06. The van der Waals surface area contributed by atoms with E-state index in [9.17, 15) is 0 Å². The Balaban J connectivity index is 1.30. The van der Waals surface area contributed by atoms with E-state index in [0.717, 1.165) is 54.2 Å². The SMILES string of the molecule is Cc1ccc(C=Nc2cc(C)c3c(c2)CN2CN3Cc3cc(N=Cc4ccc(C)o4)cc(C)c32)o1. The van der Waals surface area contributed by atoms with Crippen LogP contribution in [0.4, 0.5) is 22.7 Å². The highest BCUT2D eigenvalue weighted by atomic mass is 16.3. The number of aryl methyl sites for hydroxylation is 4. The summed E-state index contributed by atoms with van der Waals surface area (Å²) in [4.78, 5) is 14.3. The molecule has 0 unspecified atom stereocenters. The number of fused-ring (bicyclic) bond motifs is 6. The molecular formula is C29H28N4O2. The predicted molar refractivity (Wildman–Crippen MR) is 141 cm³/mol. The van der Waals surface area contributed by atoms with Crippen molar-refractivity contribution >= 4 is 35.2 Å². The molecule has 4 aromatic rings. The van der Waals surface area contributed by atoms with E-state index in [1.807, 2.05) is 38.1 Å². The molecular weight excluding hydrogens is 436 g/mol. The van der Waals surface area contributed by atoms with Crippen LogP contribution < -0.4 is 9.80 Å². The summed E-state index contributed by atoms with van der Waals surface area (Å²) in [5.41, 5.74) is 9.63. The third-order valence-electron chi connectivity index (χ3n) is 6.63. The second-order valence-corrected chi connectivity index (χ2v) is 9.49. The molecule has 0 amide bonds. The molecule has 0 radical (unpaired) electrons. The molecule has 2 aromatic carbocycles. The van der Waals surface area contributed by atoms with Crippen molar-refractivity contribution in [2.45, 2.75) is 40.8 Å². The van der Waals surface area contributed by atoms with Crippen molar-refractivity contribution < 1.29 is 8.83 Å². The van der Waals surface area contributed by atoms with Crippen LogP contribution in [-0.4, -0.2) is 19.1 Å². The molecule has 2 aliphatic heterocycles. The summed E-state index contributed by atoms with van der Waals surface area (Å²) >= 11 is 0. The minimum atomic E-state index is 0.771. The number of anilines is 2. The lowest BCUT2D eigenvalue weighted by Gasteiger charge is -2.46. The molecule has 0 spiro atoms. The molecule has 6 heteroatoms. The van der Waals surface area contributed by atoms with Gasteiger partial charge in [0.2, 0.25) is 0 Å². The molecule has 4 heterocycles. The van der Waals surface area contributed by atoms with Gasteiger partial charge in [0.1, 0.15) is 23.0 Å². The van der Waals surface area contributed by atoms with Crippen LogP contribution in [0.5, 0.6) is 0 Å². The summed E-state index contributed by atoms with van der Waals surface area (Å²) in [5.74, 6) is 3.32. The second-order valence-electron chi connectivity index (χ2n) is 9.49. The zero-order valence-electron chi connectivity index (χ0n) is 20.5. The van der Waals surface area contributed by atoms with Crippen LogP contribution in [0.1, 0.15) is 45.3 Å². The largest absolute Gasteiger partial charge is 0.460 e. The van der Waals surface area contributed by atoms with Crippen LogP contribution in [0.2, 0.25) is 0 Å². The van der Waals surface area contributed by atoms with Gasteiger partial charge >= 0.3 is 0 Å². The molecule has 2 aliphatic rings. The summed E-state index contributed by atoms with van der Waals surface area (Å²) in [7, 11) is 0. The summed E-state index contributed by atoms with van der Waals surface area (Å²) in [5, 5.41) is 0. The molecule has 176 valence electrons. The van der Waals surface area contributed by atoms with Crippen LogP contribution in [0, 0.1) is 27.7 Å². The molecule has 0 fully saturated rings. The van der Waals surface area contributed by atoms with Crippen molar-refractivity contribution in [2.24, 2.45) is 9.98 Å². The Bertz CT molecular complexity index is 1380. The Labute approximate surface area is 205 Å². The highest BCUT2D eigenvalue weighted by Gasteiger charge is 2.31. The van der Waals surface area contributed by atoms with E-state index < -0.39 is 0 Å². The maximum absolute atomic E-state index is 5.63. The standard InChI is InChI=1S/C29H28N4O2/c1-18-9-24(30-13-26-7-5-20(3)34-26)11-22-15-33-17-32(28(18)22)16-23-12-25(10-19(2)29(23)33)31-14-27-8-6-21(4)35-27/h5-14H,15-17H2,1-4H3. The lowest BCUT2D eigenvalue weighted by Crippen LogP contribution is -2.46. The first kappa shape index (κ1) is 21.5. The Morgan fingerprint density at radius 1 is 0.657 bits per heavy atom. The zero-order valence-corrected chi connectivity index (χ0v) is 20.5. The van der Waals surface area contributed by atoms with Gasteiger partial charge in [-0.2, -0.15) is 0 Å². The number of rotatable bonds is 4. The molecule has 2 bridgehead atoms. The highest BCUT2D eigenvalue weighted by Crippen LogP contribution is 2.43. The van der Waals surface area contributed by atoms with Gasteiger partial charge in [-0.1, -0.05) is 0 Å². The fraction of sp³-hybridized carbons (Fsp3) is 0.241. The van der Waals surface area contributed by atoms with Gasteiger partial charge in [-0.25, -0.2) is 0 Å². The minimum absolute atomic E-state index is 0.771. The van der Waals surface area contributed by atoms with Crippen molar-refractivity contribution in [3.8, 4) is 0 Å². The molecule has 2 aromatic heterocycles.